The molecule has 116 valence electrons. The number of benzene rings is 1. The molecule has 0 saturated carbocycles. The molecule has 0 spiro atoms. The Morgan fingerprint density at radius 3 is 2.52 bits per heavy atom. The molecule has 0 aliphatic rings. The molecule has 0 saturated heterocycles. The van der Waals surface area contributed by atoms with E-state index in [1.165, 1.54) is 0 Å². The second kappa shape index (κ2) is 7.78. The van der Waals surface area contributed by atoms with Crippen LogP contribution in [0.5, 0.6) is 0 Å². The normalized spacial score (nSPS) is 11.0. The third kappa shape index (κ3) is 6.90. The van der Waals surface area contributed by atoms with Crippen molar-refractivity contribution >= 4 is 17.5 Å². The number of hydrogen-bond acceptors (Lipinski definition) is 3. The lowest BCUT2D eigenvalue weighted by Gasteiger charge is -2.20. The van der Waals surface area contributed by atoms with Crippen molar-refractivity contribution in [1.29, 1.82) is 0 Å². The van der Waals surface area contributed by atoms with Crippen LogP contribution < -0.4 is 16.0 Å². The highest BCUT2D eigenvalue weighted by atomic mass is 16.2. The smallest absolute Gasteiger partial charge is 0.251 e. The van der Waals surface area contributed by atoms with Crippen LogP contribution in [0.4, 0.5) is 5.69 Å². The van der Waals surface area contributed by atoms with E-state index in [0.29, 0.717) is 11.3 Å². The lowest BCUT2D eigenvalue weighted by molar-refractivity contribution is -0.115. The van der Waals surface area contributed by atoms with Crippen LogP contribution in [0.2, 0.25) is 0 Å². The van der Waals surface area contributed by atoms with E-state index in [-0.39, 0.29) is 23.9 Å². The van der Waals surface area contributed by atoms with E-state index in [4.69, 9.17) is 0 Å². The average molecular weight is 291 g/mol. The van der Waals surface area contributed by atoms with E-state index in [0.717, 1.165) is 13.0 Å². The molecule has 0 radical (unpaired) electrons. The predicted octanol–water partition coefficient (Wildman–Crippen LogP) is 2.15. The van der Waals surface area contributed by atoms with Gasteiger partial charge in [0.05, 0.1) is 6.54 Å². The van der Waals surface area contributed by atoms with Gasteiger partial charge in [0.2, 0.25) is 5.91 Å². The van der Waals surface area contributed by atoms with Gasteiger partial charge in [-0.25, -0.2) is 0 Å². The Balaban J connectivity index is 2.64. The number of carbonyl (C=O) groups excluding carboxylic acids is 2. The van der Waals surface area contributed by atoms with Crippen LogP contribution in [-0.2, 0) is 4.79 Å². The van der Waals surface area contributed by atoms with Crippen molar-refractivity contribution < 1.29 is 9.59 Å². The van der Waals surface area contributed by atoms with Gasteiger partial charge in [-0.1, -0.05) is 13.0 Å². The van der Waals surface area contributed by atoms with Gasteiger partial charge >= 0.3 is 0 Å². The Morgan fingerprint density at radius 1 is 1.19 bits per heavy atom. The second-order valence-electron chi connectivity index (χ2n) is 6.01. The number of anilines is 1. The fourth-order valence-electron chi connectivity index (χ4n) is 1.73. The third-order valence-corrected chi connectivity index (χ3v) is 2.61. The van der Waals surface area contributed by atoms with Gasteiger partial charge in [0.15, 0.2) is 0 Å². The highest BCUT2D eigenvalue weighted by Gasteiger charge is 2.15. The molecule has 1 aromatic carbocycles. The predicted molar refractivity (Wildman–Crippen MR) is 85.5 cm³/mol. The first-order chi connectivity index (χ1) is 9.81. The maximum Gasteiger partial charge on any atom is 0.251 e. The van der Waals surface area contributed by atoms with Gasteiger partial charge in [-0.05, 0) is 51.9 Å². The molecule has 0 unspecified atom stereocenters. The summed E-state index contributed by atoms with van der Waals surface area (Å²) in [4.78, 5) is 23.8. The molecule has 0 aliphatic carbocycles. The number of amides is 2. The molecule has 0 aromatic heterocycles. The number of nitrogens with one attached hydrogen (secondary N) is 3. The largest absolute Gasteiger partial charge is 0.347 e. The van der Waals surface area contributed by atoms with Crippen LogP contribution in [0, 0.1) is 0 Å². The highest BCUT2D eigenvalue weighted by Crippen LogP contribution is 2.12. The van der Waals surface area contributed by atoms with Crippen molar-refractivity contribution in [3.63, 3.8) is 0 Å². The molecule has 1 rings (SSSR count). The van der Waals surface area contributed by atoms with Gasteiger partial charge in [-0.3, -0.25) is 9.59 Å². The van der Waals surface area contributed by atoms with Crippen LogP contribution in [0.15, 0.2) is 24.3 Å². The van der Waals surface area contributed by atoms with Gasteiger partial charge in [0.1, 0.15) is 0 Å². The quantitative estimate of drug-likeness (QED) is 0.703. The van der Waals surface area contributed by atoms with E-state index < -0.39 is 0 Å². The van der Waals surface area contributed by atoms with Crippen LogP contribution in [-0.4, -0.2) is 30.4 Å². The van der Waals surface area contributed by atoms with Crippen molar-refractivity contribution in [2.24, 2.45) is 0 Å². The lowest BCUT2D eigenvalue weighted by Crippen LogP contribution is -2.40. The summed E-state index contributed by atoms with van der Waals surface area (Å²) < 4.78 is 0. The number of rotatable bonds is 6. The van der Waals surface area contributed by atoms with Crippen LogP contribution in [0.3, 0.4) is 0 Å². The molecule has 2 amide bonds. The van der Waals surface area contributed by atoms with Crippen molar-refractivity contribution in [2.75, 3.05) is 18.4 Å². The molecule has 0 bridgehead atoms. The first-order valence-electron chi connectivity index (χ1n) is 7.25. The van der Waals surface area contributed by atoms with Crippen LogP contribution >= 0.6 is 0 Å². The first kappa shape index (κ1) is 17.2. The molecule has 21 heavy (non-hydrogen) atoms. The summed E-state index contributed by atoms with van der Waals surface area (Å²) in [6.07, 6.45) is 0.982. The summed E-state index contributed by atoms with van der Waals surface area (Å²) in [7, 11) is 0. The average Bonchev–Trinajstić information content (AvgIpc) is 2.37. The van der Waals surface area contributed by atoms with E-state index >= 15 is 0 Å². The zero-order valence-corrected chi connectivity index (χ0v) is 13.2. The summed E-state index contributed by atoms with van der Waals surface area (Å²) in [5.74, 6) is -0.264. The van der Waals surface area contributed by atoms with Crippen LogP contribution in [0.1, 0.15) is 44.5 Å². The minimum Gasteiger partial charge on any atom is -0.347 e. The monoisotopic (exact) mass is 291 g/mol. The van der Waals surface area contributed by atoms with E-state index in [9.17, 15) is 9.59 Å². The Kier molecular flexibility index (Phi) is 6.37. The zero-order valence-electron chi connectivity index (χ0n) is 13.2. The summed E-state index contributed by atoms with van der Waals surface area (Å²) in [5.41, 5.74) is 0.865. The number of hydrogen-bond donors (Lipinski definition) is 3. The molecule has 0 heterocycles. The van der Waals surface area contributed by atoms with Gasteiger partial charge in [-0.15, -0.1) is 0 Å². The van der Waals surface area contributed by atoms with E-state index in [1.807, 2.05) is 27.7 Å². The second-order valence-corrected chi connectivity index (χ2v) is 6.01. The molecule has 0 fully saturated rings. The summed E-state index contributed by atoms with van der Waals surface area (Å²) in [6, 6.07) is 6.93. The summed E-state index contributed by atoms with van der Waals surface area (Å²) >= 11 is 0. The molecule has 1 aromatic rings. The van der Waals surface area contributed by atoms with E-state index in [1.54, 1.807) is 24.3 Å². The Hall–Kier alpha value is -1.88. The summed E-state index contributed by atoms with van der Waals surface area (Å²) in [6.45, 7) is 8.90. The molecule has 5 heteroatoms. The Bertz CT molecular complexity index is 493. The van der Waals surface area contributed by atoms with Crippen molar-refractivity contribution in [1.82, 2.24) is 10.6 Å². The standard InChI is InChI=1S/C16H25N3O2/c1-5-9-17-11-14(20)18-13-8-6-7-12(10-13)15(21)19-16(2,3)4/h6-8,10,17H,5,9,11H2,1-4H3,(H,18,20)(H,19,21). The van der Waals surface area contributed by atoms with Crippen LogP contribution in [0.25, 0.3) is 0 Å². The highest BCUT2D eigenvalue weighted by molar-refractivity contribution is 5.97. The maximum atomic E-state index is 12.1. The fourth-order valence-corrected chi connectivity index (χ4v) is 1.73. The van der Waals surface area contributed by atoms with Gasteiger partial charge < -0.3 is 16.0 Å². The van der Waals surface area contributed by atoms with Gasteiger partial charge in [0.25, 0.3) is 5.91 Å². The SMILES string of the molecule is CCCNCC(=O)Nc1cccc(C(=O)NC(C)(C)C)c1. The Labute approximate surface area is 126 Å². The van der Waals surface area contributed by atoms with Crippen molar-refractivity contribution in [2.45, 2.75) is 39.7 Å². The molecule has 3 N–H and O–H groups in total. The molecule has 0 aliphatic heterocycles. The lowest BCUT2D eigenvalue weighted by atomic mass is 10.1. The fraction of sp³-hybridized carbons (Fsp3) is 0.500. The minimum atomic E-state index is -0.291. The van der Waals surface area contributed by atoms with E-state index in [2.05, 4.69) is 16.0 Å². The third-order valence-electron chi connectivity index (χ3n) is 2.61. The molecule has 0 atom stereocenters. The zero-order chi connectivity index (χ0) is 15.9. The number of carbonyl (C=O) groups is 2. The Morgan fingerprint density at radius 2 is 1.90 bits per heavy atom. The van der Waals surface area contributed by atoms with Crippen molar-refractivity contribution in [3.05, 3.63) is 29.8 Å². The molecular formula is C16H25N3O2. The minimum absolute atomic E-state index is 0.114. The van der Waals surface area contributed by atoms with Crippen molar-refractivity contribution in [3.8, 4) is 0 Å². The maximum absolute atomic E-state index is 12.1. The molecule has 5 nitrogen and oxygen atoms in total. The summed E-state index contributed by atoms with van der Waals surface area (Å²) in [5, 5.41) is 8.70. The first-order valence-corrected chi connectivity index (χ1v) is 7.25. The topological polar surface area (TPSA) is 70.2 Å². The van der Waals surface area contributed by atoms with Gasteiger partial charge in [0, 0.05) is 16.8 Å². The molecular weight excluding hydrogens is 266 g/mol. The van der Waals surface area contributed by atoms with Gasteiger partial charge in [-0.2, -0.15) is 0 Å².